The summed E-state index contributed by atoms with van der Waals surface area (Å²) >= 11 is 0. The molecule has 0 bridgehead atoms. The lowest BCUT2D eigenvalue weighted by molar-refractivity contribution is -0.120. The number of carbonyl (C=O) groups is 1. The third-order valence-electron chi connectivity index (χ3n) is 5.14. The number of nitrogens with zero attached hydrogens (tertiary/aromatic N) is 1. The first kappa shape index (κ1) is 21.4. The van der Waals surface area contributed by atoms with Crippen molar-refractivity contribution in [2.24, 2.45) is 5.92 Å². The number of sulfonamides is 1. The van der Waals surface area contributed by atoms with E-state index in [0.717, 1.165) is 17.7 Å². The summed E-state index contributed by atoms with van der Waals surface area (Å²) in [6, 6.07) is 6.77. The lowest BCUT2D eigenvalue weighted by atomic mass is 9.98. The van der Waals surface area contributed by atoms with Crippen molar-refractivity contribution in [3.8, 4) is 0 Å². The smallest absolute Gasteiger partial charge is 0.243 e. The van der Waals surface area contributed by atoms with Gasteiger partial charge in [-0.1, -0.05) is 17.7 Å². The SMILES string of the molecule is Cc1cc(C)c(S(=O)(=O)N2CCC[C@H](C(=O)Nc3ccc(F)c(F)c3)C2)c(C)c1. The highest BCUT2D eigenvalue weighted by molar-refractivity contribution is 7.89. The zero-order valence-corrected chi connectivity index (χ0v) is 17.4. The summed E-state index contributed by atoms with van der Waals surface area (Å²) in [5, 5.41) is 2.55. The number of rotatable bonds is 4. The molecule has 0 spiro atoms. The molecule has 3 rings (SSSR count). The minimum absolute atomic E-state index is 0.0462. The zero-order valence-electron chi connectivity index (χ0n) is 16.6. The minimum Gasteiger partial charge on any atom is -0.326 e. The Labute approximate surface area is 169 Å². The van der Waals surface area contributed by atoms with E-state index in [1.165, 1.54) is 10.4 Å². The number of piperidine rings is 1. The van der Waals surface area contributed by atoms with Gasteiger partial charge in [-0.3, -0.25) is 4.79 Å². The highest BCUT2D eigenvalue weighted by Crippen LogP contribution is 2.29. The molecule has 0 radical (unpaired) electrons. The van der Waals surface area contributed by atoms with E-state index < -0.39 is 33.5 Å². The summed E-state index contributed by atoms with van der Waals surface area (Å²) in [6.45, 7) is 5.83. The molecule has 0 unspecified atom stereocenters. The molecule has 8 heteroatoms. The standard InChI is InChI=1S/C21H24F2N2O3S/c1-13-9-14(2)20(15(3)10-13)29(27,28)25-8-4-5-16(12-25)21(26)24-17-6-7-18(22)19(23)11-17/h6-7,9-11,16H,4-5,8,12H2,1-3H3,(H,24,26)/t16-/m0/s1. The largest absolute Gasteiger partial charge is 0.326 e. The summed E-state index contributed by atoms with van der Waals surface area (Å²) in [5.74, 6) is -3.03. The van der Waals surface area contributed by atoms with Crippen molar-refractivity contribution in [3.05, 3.63) is 58.7 Å². The Morgan fingerprint density at radius 3 is 2.34 bits per heavy atom. The summed E-state index contributed by atoms with van der Waals surface area (Å²) in [5.41, 5.74) is 2.48. The van der Waals surface area contributed by atoms with Crippen molar-refractivity contribution in [2.45, 2.75) is 38.5 Å². The predicted molar refractivity (Wildman–Crippen MR) is 107 cm³/mol. The zero-order chi connectivity index (χ0) is 21.3. The van der Waals surface area contributed by atoms with E-state index in [9.17, 15) is 22.0 Å². The van der Waals surface area contributed by atoms with Crippen LogP contribution in [0.25, 0.3) is 0 Å². The molecule has 29 heavy (non-hydrogen) atoms. The number of nitrogens with one attached hydrogen (secondary N) is 1. The van der Waals surface area contributed by atoms with Gasteiger partial charge in [0.05, 0.1) is 10.8 Å². The molecular formula is C21H24F2N2O3S. The maximum atomic E-state index is 13.4. The summed E-state index contributed by atoms with van der Waals surface area (Å²) in [4.78, 5) is 12.9. The van der Waals surface area contributed by atoms with Crippen molar-refractivity contribution in [1.29, 1.82) is 0 Å². The summed E-state index contributed by atoms with van der Waals surface area (Å²) < 4.78 is 54.3. The third-order valence-corrected chi connectivity index (χ3v) is 7.32. The monoisotopic (exact) mass is 422 g/mol. The first-order valence-corrected chi connectivity index (χ1v) is 10.9. The van der Waals surface area contributed by atoms with Crippen LogP contribution in [0.1, 0.15) is 29.5 Å². The molecule has 1 atom stereocenters. The van der Waals surface area contributed by atoms with Gasteiger partial charge < -0.3 is 5.32 Å². The molecule has 1 amide bonds. The fourth-order valence-corrected chi connectivity index (χ4v) is 5.83. The Balaban J connectivity index is 1.79. The molecule has 0 aromatic heterocycles. The van der Waals surface area contributed by atoms with Crippen LogP contribution in [0.15, 0.2) is 35.2 Å². The van der Waals surface area contributed by atoms with Crippen LogP contribution >= 0.6 is 0 Å². The normalized spacial score (nSPS) is 17.9. The van der Waals surface area contributed by atoms with Gasteiger partial charge in [0.15, 0.2) is 11.6 Å². The van der Waals surface area contributed by atoms with Gasteiger partial charge in [0.1, 0.15) is 0 Å². The number of anilines is 1. The predicted octanol–water partition coefficient (Wildman–Crippen LogP) is 3.93. The fraction of sp³-hybridized carbons (Fsp3) is 0.381. The van der Waals surface area contributed by atoms with Crippen molar-refractivity contribution in [3.63, 3.8) is 0 Å². The Morgan fingerprint density at radius 2 is 1.72 bits per heavy atom. The molecule has 2 aromatic carbocycles. The Hall–Kier alpha value is -2.32. The van der Waals surface area contributed by atoms with E-state index in [2.05, 4.69) is 5.32 Å². The highest BCUT2D eigenvalue weighted by Gasteiger charge is 2.35. The van der Waals surface area contributed by atoms with Gasteiger partial charge in [-0.2, -0.15) is 4.31 Å². The highest BCUT2D eigenvalue weighted by atomic mass is 32.2. The Bertz CT molecular complexity index is 1030. The van der Waals surface area contributed by atoms with Gasteiger partial charge in [-0.25, -0.2) is 17.2 Å². The number of hydrogen-bond acceptors (Lipinski definition) is 3. The minimum atomic E-state index is -3.75. The molecule has 5 nitrogen and oxygen atoms in total. The average Bonchev–Trinajstić information content (AvgIpc) is 2.63. The molecule has 1 aliphatic heterocycles. The second kappa shape index (κ2) is 8.20. The van der Waals surface area contributed by atoms with E-state index >= 15 is 0 Å². The Morgan fingerprint density at radius 1 is 1.07 bits per heavy atom. The van der Waals surface area contributed by atoms with Gasteiger partial charge in [0.25, 0.3) is 0 Å². The molecule has 1 N–H and O–H groups in total. The van der Waals surface area contributed by atoms with Gasteiger partial charge in [0.2, 0.25) is 15.9 Å². The quantitative estimate of drug-likeness (QED) is 0.812. The second-order valence-electron chi connectivity index (χ2n) is 7.55. The van der Waals surface area contributed by atoms with Crippen LogP contribution in [0.5, 0.6) is 0 Å². The van der Waals surface area contributed by atoms with E-state index in [4.69, 9.17) is 0 Å². The lowest BCUT2D eigenvalue weighted by Gasteiger charge is -2.32. The van der Waals surface area contributed by atoms with Gasteiger partial charge in [0, 0.05) is 24.8 Å². The van der Waals surface area contributed by atoms with Crippen LogP contribution in [0.2, 0.25) is 0 Å². The molecule has 2 aromatic rings. The number of hydrogen-bond donors (Lipinski definition) is 1. The lowest BCUT2D eigenvalue weighted by Crippen LogP contribution is -2.44. The average molecular weight is 422 g/mol. The van der Waals surface area contributed by atoms with Crippen molar-refractivity contribution in [1.82, 2.24) is 4.31 Å². The van der Waals surface area contributed by atoms with Crippen molar-refractivity contribution >= 4 is 21.6 Å². The number of carbonyl (C=O) groups excluding carboxylic acids is 1. The maximum Gasteiger partial charge on any atom is 0.243 e. The molecule has 0 saturated carbocycles. The van der Waals surface area contributed by atoms with Gasteiger partial charge in [-0.15, -0.1) is 0 Å². The van der Waals surface area contributed by atoms with E-state index in [0.29, 0.717) is 30.5 Å². The van der Waals surface area contributed by atoms with E-state index in [1.54, 1.807) is 13.8 Å². The molecule has 156 valence electrons. The van der Waals surface area contributed by atoms with Crippen molar-refractivity contribution in [2.75, 3.05) is 18.4 Å². The topological polar surface area (TPSA) is 66.5 Å². The molecule has 1 fully saturated rings. The van der Waals surface area contributed by atoms with Crippen LogP contribution in [-0.2, 0) is 14.8 Å². The van der Waals surface area contributed by atoms with Crippen molar-refractivity contribution < 1.29 is 22.0 Å². The molecule has 1 aliphatic rings. The van der Waals surface area contributed by atoms with Crippen LogP contribution in [0.4, 0.5) is 14.5 Å². The first-order valence-electron chi connectivity index (χ1n) is 9.43. The summed E-state index contributed by atoms with van der Waals surface area (Å²) in [7, 11) is -3.75. The summed E-state index contributed by atoms with van der Waals surface area (Å²) in [6.07, 6.45) is 1.06. The number of aryl methyl sites for hydroxylation is 3. The maximum absolute atomic E-state index is 13.4. The Kier molecular flexibility index (Phi) is 6.05. The molecule has 1 saturated heterocycles. The van der Waals surface area contributed by atoms with Crippen LogP contribution in [-0.4, -0.2) is 31.7 Å². The molecular weight excluding hydrogens is 398 g/mol. The van der Waals surface area contributed by atoms with Gasteiger partial charge in [-0.05, 0) is 56.9 Å². The molecule has 0 aliphatic carbocycles. The number of halogens is 2. The van der Waals surface area contributed by atoms with Crippen LogP contribution in [0, 0.1) is 38.3 Å². The molecule has 1 heterocycles. The third kappa shape index (κ3) is 4.48. The first-order chi connectivity index (χ1) is 13.6. The fourth-order valence-electron chi connectivity index (χ4n) is 3.90. The number of benzene rings is 2. The van der Waals surface area contributed by atoms with Crippen LogP contribution < -0.4 is 5.32 Å². The van der Waals surface area contributed by atoms with Crippen LogP contribution in [0.3, 0.4) is 0 Å². The second-order valence-corrected chi connectivity index (χ2v) is 9.42. The number of amides is 1. The van der Waals surface area contributed by atoms with E-state index in [-0.39, 0.29) is 17.1 Å². The van der Waals surface area contributed by atoms with Gasteiger partial charge >= 0.3 is 0 Å². The van der Waals surface area contributed by atoms with E-state index in [1.807, 2.05) is 19.1 Å².